The van der Waals surface area contributed by atoms with Gasteiger partial charge in [-0.05, 0) is 6.07 Å². The van der Waals surface area contributed by atoms with Gasteiger partial charge in [0.15, 0.2) is 5.02 Å². The molecule has 0 aliphatic heterocycles. The first-order chi connectivity index (χ1) is 6.81. The van der Waals surface area contributed by atoms with Gasteiger partial charge in [-0.15, -0.1) is 0 Å². The molecule has 1 aromatic carbocycles. The number of nitrogens with zero attached hydrogens (tertiary/aromatic N) is 1. The highest BCUT2D eigenvalue weighted by atomic mass is 35.5. The fourth-order valence-corrected chi connectivity index (χ4v) is 0.953. The van der Waals surface area contributed by atoms with Gasteiger partial charge in [0.2, 0.25) is 0 Å². The van der Waals surface area contributed by atoms with Gasteiger partial charge in [-0.2, -0.15) is 0 Å². The van der Waals surface area contributed by atoms with E-state index in [1.807, 2.05) is 0 Å². The van der Waals surface area contributed by atoms with Gasteiger partial charge >= 0.3 is 0 Å². The first kappa shape index (κ1) is 5.37. The topological polar surface area (TPSA) is 52.4 Å². The Kier molecular flexibility index (Phi) is 1.52. The summed E-state index contributed by atoms with van der Waals surface area (Å²) in [7, 11) is -2.68. The lowest BCUT2D eigenvalue weighted by atomic mass is 10.3. The van der Waals surface area contributed by atoms with Crippen molar-refractivity contribution in [1.29, 1.82) is 0 Å². The third-order valence-corrected chi connectivity index (χ3v) is 1.63. The van der Waals surface area contributed by atoms with E-state index in [9.17, 15) is 10.1 Å². The molecule has 0 aromatic heterocycles. The van der Waals surface area contributed by atoms with E-state index in [2.05, 4.69) is 4.74 Å². The van der Waals surface area contributed by atoms with E-state index in [4.69, 9.17) is 15.7 Å². The Labute approximate surface area is 78.1 Å². The molecule has 0 aliphatic rings. The highest BCUT2D eigenvalue weighted by molar-refractivity contribution is 6.34. The van der Waals surface area contributed by atoms with E-state index in [1.165, 1.54) is 12.1 Å². The van der Waals surface area contributed by atoms with Gasteiger partial charge in [0.1, 0.15) is 5.75 Å². The first-order valence-electron chi connectivity index (χ1n) is 4.43. The summed E-state index contributed by atoms with van der Waals surface area (Å²) in [6.45, 7) is 0. The molecule has 0 fully saturated rings. The summed E-state index contributed by atoms with van der Waals surface area (Å²) < 4.78 is 25.0. The maximum Gasteiger partial charge on any atom is 0.291 e. The van der Waals surface area contributed by atoms with E-state index in [0.29, 0.717) is 0 Å². The van der Waals surface area contributed by atoms with Crippen LogP contribution < -0.4 is 4.74 Å². The minimum Gasteiger partial charge on any atom is -0.495 e. The van der Waals surface area contributed by atoms with Crippen LogP contribution in [0, 0.1) is 10.1 Å². The van der Waals surface area contributed by atoms with Gasteiger partial charge in [-0.1, -0.05) is 17.7 Å². The molecular weight excluding hydrogens is 182 g/mol. The monoisotopic (exact) mass is 190 g/mol. The molecule has 0 spiro atoms. The number of hydrogen-bond acceptors (Lipinski definition) is 3. The van der Waals surface area contributed by atoms with Gasteiger partial charge in [0, 0.05) is 6.07 Å². The number of benzene rings is 1. The second-order valence-corrected chi connectivity index (χ2v) is 2.33. The number of rotatable bonds is 2. The van der Waals surface area contributed by atoms with Crippen molar-refractivity contribution in [2.45, 2.75) is 0 Å². The Balaban J connectivity index is 3.10. The first-order valence-corrected chi connectivity index (χ1v) is 3.31. The molecule has 0 aliphatic carbocycles. The lowest BCUT2D eigenvalue weighted by molar-refractivity contribution is -0.384. The van der Waals surface area contributed by atoms with Crippen LogP contribution >= 0.6 is 11.6 Å². The van der Waals surface area contributed by atoms with Gasteiger partial charge in [0.25, 0.3) is 5.69 Å². The maximum absolute atomic E-state index is 10.5. The van der Waals surface area contributed by atoms with Crippen molar-refractivity contribution in [1.82, 2.24) is 0 Å². The van der Waals surface area contributed by atoms with E-state index in [1.54, 1.807) is 0 Å². The van der Waals surface area contributed by atoms with Gasteiger partial charge < -0.3 is 4.74 Å². The van der Waals surface area contributed by atoms with Crippen LogP contribution in [0.5, 0.6) is 5.75 Å². The van der Waals surface area contributed by atoms with Crippen LogP contribution in [0.1, 0.15) is 4.11 Å². The van der Waals surface area contributed by atoms with E-state index in [0.717, 1.165) is 6.07 Å². The minimum absolute atomic E-state index is 0.231. The van der Waals surface area contributed by atoms with Crippen LogP contribution in [-0.2, 0) is 0 Å². The number of nitro groups is 1. The molecule has 1 rings (SSSR count). The lowest BCUT2D eigenvalue weighted by Gasteiger charge is -2.01. The summed E-state index contributed by atoms with van der Waals surface area (Å²) >= 11 is 5.59. The zero-order valence-corrected chi connectivity index (χ0v) is 6.54. The smallest absolute Gasteiger partial charge is 0.291 e. The fourth-order valence-electron chi connectivity index (χ4n) is 0.719. The second kappa shape index (κ2) is 3.40. The van der Waals surface area contributed by atoms with Crippen molar-refractivity contribution in [3.05, 3.63) is 33.3 Å². The quantitative estimate of drug-likeness (QED) is 0.531. The van der Waals surface area contributed by atoms with Gasteiger partial charge in [0.05, 0.1) is 16.1 Å². The lowest BCUT2D eigenvalue weighted by Crippen LogP contribution is -1.91. The largest absolute Gasteiger partial charge is 0.495 e. The normalized spacial score (nSPS) is 14.2. The molecule has 0 atom stereocenters. The average Bonchev–Trinajstić information content (AvgIpc) is 2.05. The van der Waals surface area contributed by atoms with Crippen LogP contribution in [0.2, 0.25) is 5.02 Å². The molecule has 0 radical (unpaired) electrons. The van der Waals surface area contributed by atoms with Crippen molar-refractivity contribution in [2.75, 3.05) is 7.04 Å². The third kappa shape index (κ3) is 1.48. The molecule has 1 aromatic rings. The molecule has 64 valence electrons. The molecule has 0 bridgehead atoms. The van der Waals surface area contributed by atoms with Crippen LogP contribution in [0.15, 0.2) is 18.2 Å². The Bertz CT molecular complexity index is 394. The highest BCUT2D eigenvalue weighted by Crippen LogP contribution is 2.32. The number of ether oxygens (including phenoxy) is 1. The van der Waals surface area contributed by atoms with Crippen LogP contribution in [0.25, 0.3) is 0 Å². The number of hydrogen-bond donors (Lipinski definition) is 0. The molecule has 0 saturated heterocycles. The van der Waals surface area contributed by atoms with Crippen molar-refractivity contribution < 1.29 is 13.8 Å². The van der Waals surface area contributed by atoms with Crippen molar-refractivity contribution >= 4 is 17.3 Å². The van der Waals surface area contributed by atoms with Gasteiger partial charge in [-0.3, -0.25) is 10.1 Å². The zero-order valence-electron chi connectivity index (χ0n) is 8.78. The van der Waals surface area contributed by atoms with Crippen LogP contribution in [-0.4, -0.2) is 12.0 Å². The molecule has 0 saturated carbocycles. The van der Waals surface area contributed by atoms with E-state index >= 15 is 0 Å². The Hall–Kier alpha value is -1.29. The molecule has 12 heavy (non-hydrogen) atoms. The SMILES string of the molecule is [2H]C([2H])([2H])Oc1cccc([N+](=O)[O-])c1Cl. The number of nitro benzene ring substituents is 1. The summed E-state index contributed by atoms with van der Waals surface area (Å²) in [5, 5.41) is 10.1. The molecule has 4 nitrogen and oxygen atoms in total. The molecule has 0 heterocycles. The molecular formula is C7H6ClNO3. The second-order valence-electron chi connectivity index (χ2n) is 1.95. The Morgan fingerprint density at radius 3 is 3.08 bits per heavy atom. The summed E-state index contributed by atoms with van der Waals surface area (Å²) in [6, 6.07) is 3.71. The summed E-state index contributed by atoms with van der Waals surface area (Å²) in [6.07, 6.45) is 0. The Morgan fingerprint density at radius 1 is 1.75 bits per heavy atom. The van der Waals surface area contributed by atoms with Crippen LogP contribution in [0.3, 0.4) is 0 Å². The van der Waals surface area contributed by atoms with Gasteiger partial charge in [-0.25, -0.2) is 0 Å². The van der Waals surface area contributed by atoms with Crippen molar-refractivity contribution in [2.24, 2.45) is 0 Å². The molecule has 5 heteroatoms. The predicted molar refractivity (Wildman–Crippen MR) is 44.7 cm³/mol. The van der Waals surface area contributed by atoms with Crippen molar-refractivity contribution in [3.8, 4) is 5.75 Å². The highest BCUT2D eigenvalue weighted by Gasteiger charge is 2.15. The summed E-state index contributed by atoms with van der Waals surface area (Å²) in [4.78, 5) is 9.75. The fraction of sp³-hybridized carbons (Fsp3) is 0.143. The molecule has 0 amide bonds. The average molecular weight is 191 g/mol. The van der Waals surface area contributed by atoms with E-state index < -0.39 is 17.6 Å². The number of methoxy groups -OCH3 is 1. The zero-order chi connectivity index (χ0) is 11.6. The summed E-state index contributed by atoms with van der Waals surface area (Å²) in [5.41, 5.74) is -0.390. The Morgan fingerprint density at radius 2 is 2.50 bits per heavy atom. The predicted octanol–water partition coefficient (Wildman–Crippen LogP) is 2.26. The standard InChI is InChI=1S/C7H6ClNO3/c1-12-6-4-2-3-5(7(6)8)9(10)11/h2-4H,1H3/i1D3. The maximum atomic E-state index is 10.5. The third-order valence-electron chi connectivity index (χ3n) is 1.25. The molecule has 0 unspecified atom stereocenters. The number of halogens is 1. The molecule has 0 N–H and O–H groups in total. The minimum atomic E-state index is -2.68. The summed E-state index contributed by atoms with van der Waals surface area (Å²) in [5.74, 6) is -0.231. The van der Waals surface area contributed by atoms with Crippen LogP contribution in [0.4, 0.5) is 5.69 Å². The van der Waals surface area contributed by atoms with Crippen molar-refractivity contribution in [3.63, 3.8) is 0 Å². The van der Waals surface area contributed by atoms with E-state index in [-0.39, 0.29) is 10.8 Å².